The van der Waals surface area contributed by atoms with Gasteiger partial charge in [-0.25, -0.2) is 4.72 Å². The van der Waals surface area contributed by atoms with Crippen LogP contribution in [0, 0.1) is 5.92 Å². The largest absolute Gasteiger partial charge is 0.317 e. The van der Waals surface area contributed by atoms with E-state index in [1.807, 2.05) is 6.92 Å². The van der Waals surface area contributed by atoms with Gasteiger partial charge < -0.3 is 5.32 Å². The monoisotopic (exact) mass is 291 g/mol. The molecule has 114 valence electrons. The molecule has 5 nitrogen and oxygen atoms in total. The molecule has 1 fully saturated rings. The summed E-state index contributed by atoms with van der Waals surface area (Å²) in [6, 6.07) is 0. The van der Waals surface area contributed by atoms with Crippen LogP contribution in [0.15, 0.2) is 0 Å². The lowest BCUT2D eigenvalue weighted by Gasteiger charge is -2.18. The summed E-state index contributed by atoms with van der Waals surface area (Å²) in [6.45, 7) is 4.97. The molecular weight excluding hydrogens is 262 g/mol. The molecule has 0 spiro atoms. The fraction of sp³-hybridized carbons (Fsp3) is 1.00. The fourth-order valence-corrected chi connectivity index (χ4v) is 3.49. The van der Waals surface area contributed by atoms with E-state index < -0.39 is 10.2 Å². The average Bonchev–Trinajstić information content (AvgIpc) is 2.87. The van der Waals surface area contributed by atoms with Gasteiger partial charge in [-0.15, -0.1) is 0 Å². The van der Waals surface area contributed by atoms with E-state index in [2.05, 4.69) is 10.0 Å². The van der Waals surface area contributed by atoms with Crippen LogP contribution in [0.2, 0.25) is 0 Å². The second kappa shape index (κ2) is 8.89. The van der Waals surface area contributed by atoms with Gasteiger partial charge in [0.15, 0.2) is 0 Å². The molecular formula is C13H29N3O2S. The van der Waals surface area contributed by atoms with Gasteiger partial charge in [0.2, 0.25) is 0 Å². The van der Waals surface area contributed by atoms with Crippen molar-refractivity contribution in [2.75, 3.05) is 33.2 Å². The summed E-state index contributed by atoms with van der Waals surface area (Å²) >= 11 is 0. The molecule has 2 N–H and O–H groups in total. The van der Waals surface area contributed by atoms with Crippen LogP contribution in [0.5, 0.6) is 0 Å². The van der Waals surface area contributed by atoms with Gasteiger partial charge in [0.1, 0.15) is 0 Å². The molecule has 0 aromatic rings. The van der Waals surface area contributed by atoms with Gasteiger partial charge in [-0.2, -0.15) is 12.7 Å². The molecule has 0 aromatic carbocycles. The summed E-state index contributed by atoms with van der Waals surface area (Å²) in [6.07, 6.45) is 6.96. The van der Waals surface area contributed by atoms with Crippen molar-refractivity contribution in [3.05, 3.63) is 0 Å². The van der Waals surface area contributed by atoms with Crippen molar-refractivity contribution >= 4 is 10.2 Å². The number of rotatable bonds is 10. The van der Waals surface area contributed by atoms with E-state index in [-0.39, 0.29) is 0 Å². The minimum Gasteiger partial charge on any atom is -0.317 e. The molecule has 1 saturated carbocycles. The van der Waals surface area contributed by atoms with Crippen molar-refractivity contribution in [2.24, 2.45) is 5.92 Å². The van der Waals surface area contributed by atoms with Gasteiger partial charge in [-0.05, 0) is 31.8 Å². The summed E-state index contributed by atoms with van der Waals surface area (Å²) in [4.78, 5) is 0. The Hall–Kier alpha value is -0.170. The Morgan fingerprint density at radius 2 is 1.89 bits per heavy atom. The molecule has 0 heterocycles. The Kier molecular flexibility index (Phi) is 7.90. The lowest BCUT2D eigenvalue weighted by atomic mass is 10.1. The second-order valence-corrected chi connectivity index (χ2v) is 7.23. The fourth-order valence-electron chi connectivity index (χ4n) is 2.52. The molecule has 6 heteroatoms. The van der Waals surface area contributed by atoms with E-state index in [0.29, 0.717) is 13.1 Å². The summed E-state index contributed by atoms with van der Waals surface area (Å²) < 4.78 is 28.0. The van der Waals surface area contributed by atoms with Gasteiger partial charge in [0, 0.05) is 20.1 Å². The highest BCUT2D eigenvalue weighted by Gasteiger charge is 2.19. The third-order valence-electron chi connectivity index (χ3n) is 3.80. The summed E-state index contributed by atoms with van der Waals surface area (Å²) in [5, 5.41) is 3.19. The molecule has 0 atom stereocenters. The molecule has 0 amide bonds. The van der Waals surface area contributed by atoms with E-state index in [4.69, 9.17) is 0 Å². The Morgan fingerprint density at radius 1 is 1.21 bits per heavy atom. The van der Waals surface area contributed by atoms with Crippen molar-refractivity contribution in [1.29, 1.82) is 0 Å². The normalized spacial score (nSPS) is 17.4. The van der Waals surface area contributed by atoms with E-state index >= 15 is 0 Å². The third kappa shape index (κ3) is 6.70. The highest BCUT2D eigenvalue weighted by molar-refractivity contribution is 7.87. The number of hydrogen-bond donors (Lipinski definition) is 2. The van der Waals surface area contributed by atoms with E-state index in [1.54, 1.807) is 7.05 Å². The summed E-state index contributed by atoms with van der Waals surface area (Å²) in [5.41, 5.74) is 0. The van der Waals surface area contributed by atoms with Gasteiger partial charge in [-0.1, -0.05) is 32.6 Å². The van der Waals surface area contributed by atoms with Gasteiger partial charge >= 0.3 is 0 Å². The van der Waals surface area contributed by atoms with Crippen LogP contribution in [0.4, 0.5) is 0 Å². The van der Waals surface area contributed by atoms with Crippen LogP contribution >= 0.6 is 0 Å². The van der Waals surface area contributed by atoms with Crippen LogP contribution in [-0.2, 0) is 10.2 Å². The number of nitrogens with one attached hydrogen (secondary N) is 2. The van der Waals surface area contributed by atoms with Crippen molar-refractivity contribution in [3.63, 3.8) is 0 Å². The average molecular weight is 291 g/mol. The number of hydrogen-bond acceptors (Lipinski definition) is 3. The van der Waals surface area contributed by atoms with Gasteiger partial charge in [-0.3, -0.25) is 0 Å². The molecule has 0 aliphatic heterocycles. The van der Waals surface area contributed by atoms with Crippen LogP contribution in [-0.4, -0.2) is 45.9 Å². The van der Waals surface area contributed by atoms with Crippen LogP contribution < -0.4 is 10.0 Å². The molecule has 0 unspecified atom stereocenters. The van der Waals surface area contributed by atoms with E-state index in [9.17, 15) is 8.42 Å². The first-order chi connectivity index (χ1) is 9.06. The first-order valence-electron chi connectivity index (χ1n) is 7.48. The molecule has 0 aromatic heterocycles. The minimum absolute atomic E-state index is 0.561. The Labute approximate surface area is 118 Å². The Morgan fingerprint density at radius 3 is 2.53 bits per heavy atom. The van der Waals surface area contributed by atoms with Crippen molar-refractivity contribution in [3.8, 4) is 0 Å². The standard InChI is InChI=1S/C13H29N3O2S/c1-3-14-10-6-12-16(2)19(17,18)15-11-9-13-7-4-5-8-13/h13-15H,3-12H2,1-2H3. The van der Waals surface area contributed by atoms with E-state index in [0.717, 1.165) is 31.8 Å². The molecule has 1 aliphatic rings. The Balaban J connectivity index is 2.17. The van der Waals surface area contributed by atoms with Crippen molar-refractivity contribution < 1.29 is 8.42 Å². The second-order valence-electron chi connectivity index (χ2n) is 5.37. The molecule has 1 aliphatic carbocycles. The highest BCUT2D eigenvalue weighted by atomic mass is 32.2. The van der Waals surface area contributed by atoms with Gasteiger partial charge in [0.05, 0.1) is 0 Å². The van der Waals surface area contributed by atoms with Crippen LogP contribution in [0.1, 0.15) is 45.4 Å². The lowest BCUT2D eigenvalue weighted by molar-refractivity contribution is 0.437. The van der Waals surface area contributed by atoms with E-state index in [1.165, 1.54) is 30.0 Å². The SMILES string of the molecule is CCNCCCN(C)S(=O)(=O)NCCC1CCCC1. The molecule has 0 bridgehead atoms. The minimum atomic E-state index is -3.28. The maximum Gasteiger partial charge on any atom is 0.279 e. The van der Waals surface area contributed by atoms with Crippen LogP contribution in [0.3, 0.4) is 0 Å². The zero-order chi connectivity index (χ0) is 14.1. The molecule has 0 radical (unpaired) electrons. The maximum absolute atomic E-state index is 12.0. The first-order valence-corrected chi connectivity index (χ1v) is 8.92. The highest BCUT2D eigenvalue weighted by Crippen LogP contribution is 2.26. The zero-order valence-electron chi connectivity index (χ0n) is 12.3. The lowest BCUT2D eigenvalue weighted by Crippen LogP contribution is -2.40. The smallest absolute Gasteiger partial charge is 0.279 e. The summed E-state index contributed by atoms with van der Waals surface area (Å²) in [5.74, 6) is 0.724. The zero-order valence-corrected chi connectivity index (χ0v) is 13.1. The Bertz CT molecular complexity index is 327. The van der Waals surface area contributed by atoms with Crippen molar-refractivity contribution in [1.82, 2.24) is 14.3 Å². The first kappa shape index (κ1) is 16.9. The molecule has 1 rings (SSSR count). The molecule has 0 saturated heterocycles. The van der Waals surface area contributed by atoms with Crippen molar-refractivity contribution in [2.45, 2.75) is 45.4 Å². The quantitative estimate of drug-likeness (QED) is 0.597. The third-order valence-corrected chi connectivity index (χ3v) is 5.37. The molecule has 19 heavy (non-hydrogen) atoms. The van der Waals surface area contributed by atoms with Gasteiger partial charge in [0.25, 0.3) is 10.2 Å². The number of nitrogens with zero attached hydrogens (tertiary/aromatic N) is 1. The topological polar surface area (TPSA) is 61.4 Å². The maximum atomic E-state index is 12.0. The predicted molar refractivity (Wildman–Crippen MR) is 79.3 cm³/mol. The van der Waals surface area contributed by atoms with Crippen LogP contribution in [0.25, 0.3) is 0 Å². The summed E-state index contributed by atoms with van der Waals surface area (Å²) in [7, 11) is -1.64. The predicted octanol–water partition coefficient (Wildman–Crippen LogP) is 1.33.